The zero-order chi connectivity index (χ0) is 32.8. The van der Waals surface area contributed by atoms with Crippen LogP contribution in [0.3, 0.4) is 0 Å². The van der Waals surface area contributed by atoms with Gasteiger partial charge in [-0.3, -0.25) is 0 Å². The summed E-state index contributed by atoms with van der Waals surface area (Å²) >= 11 is 0. The molecule has 2 heterocycles. The molecule has 5 heteroatoms. The number of quaternary nitrogens is 2. The summed E-state index contributed by atoms with van der Waals surface area (Å²) in [5.41, 5.74) is 5.92. The number of hydrogen-bond acceptors (Lipinski definition) is 3. The van der Waals surface area contributed by atoms with Gasteiger partial charge in [0.25, 0.3) is 0 Å². The van der Waals surface area contributed by atoms with Crippen molar-refractivity contribution in [2.24, 2.45) is 23.7 Å². The molecule has 2 aromatic carbocycles. The van der Waals surface area contributed by atoms with Crippen molar-refractivity contribution in [3.05, 3.63) is 65.2 Å². The molecule has 0 unspecified atom stereocenters. The molecular formula is C43H64N2O3+2. The van der Waals surface area contributed by atoms with Crippen LogP contribution in [0.2, 0.25) is 0 Å². The van der Waals surface area contributed by atoms with Crippen molar-refractivity contribution in [1.82, 2.24) is 0 Å². The highest BCUT2D eigenvalue weighted by atomic mass is 16.5. The molecule has 2 aromatic rings. The van der Waals surface area contributed by atoms with Crippen molar-refractivity contribution in [1.29, 1.82) is 0 Å². The molecule has 48 heavy (non-hydrogen) atoms. The maximum atomic E-state index is 10.0. The number of likely N-dealkylation sites (tertiary alicyclic amines) is 2. The summed E-state index contributed by atoms with van der Waals surface area (Å²) in [6.07, 6.45) is 19.6. The molecular weight excluding hydrogens is 592 g/mol. The van der Waals surface area contributed by atoms with Gasteiger partial charge >= 0.3 is 0 Å². The van der Waals surface area contributed by atoms with E-state index in [1.54, 1.807) is 5.57 Å². The second kappa shape index (κ2) is 15.7. The second-order valence-corrected chi connectivity index (χ2v) is 16.9. The summed E-state index contributed by atoms with van der Waals surface area (Å²) < 4.78 is 14.7. The first kappa shape index (κ1) is 34.1. The minimum Gasteiger partial charge on any atom is -0.494 e. The van der Waals surface area contributed by atoms with E-state index in [9.17, 15) is 5.11 Å². The third-order valence-electron chi connectivity index (χ3n) is 13.2. The molecule has 6 fully saturated rings. The van der Waals surface area contributed by atoms with E-state index in [-0.39, 0.29) is 6.73 Å². The van der Waals surface area contributed by atoms with E-state index in [4.69, 9.17) is 9.47 Å². The van der Waals surface area contributed by atoms with Crippen molar-refractivity contribution in [2.75, 3.05) is 66.3 Å². The summed E-state index contributed by atoms with van der Waals surface area (Å²) in [4.78, 5) is 0. The first-order valence-corrected chi connectivity index (χ1v) is 20.0. The zero-order valence-electron chi connectivity index (χ0n) is 30.1. The summed E-state index contributed by atoms with van der Waals surface area (Å²) in [6, 6.07) is 18.1. The van der Waals surface area contributed by atoms with Crippen LogP contribution in [0.25, 0.3) is 5.57 Å². The van der Waals surface area contributed by atoms with Gasteiger partial charge in [-0.25, -0.2) is 0 Å². The number of piperidine rings is 2. The van der Waals surface area contributed by atoms with Gasteiger partial charge in [0.2, 0.25) is 0 Å². The number of allylic oxidation sites excluding steroid dienone is 1. The molecule has 2 aliphatic heterocycles. The van der Waals surface area contributed by atoms with Gasteiger partial charge in [-0.2, -0.15) is 0 Å². The van der Waals surface area contributed by atoms with Crippen molar-refractivity contribution >= 4 is 5.57 Å². The average Bonchev–Trinajstić information content (AvgIpc) is 3.11. The van der Waals surface area contributed by atoms with Crippen LogP contribution in [-0.4, -0.2) is 80.3 Å². The highest BCUT2D eigenvalue weighted by Crippen LogP contribution is 2.58. The number of rotatable bonds is 15. The molecule has 0 spiro atoms. The lowest BCUT2D eigenvalue weighted by molar-refractivity contribution is -0.949. The molecule has 4 saturated carbocycles. The molecule has 8 rings (SSSR count). The number of aliphatic hydroxyl groups is 1. The van der Waals surface area contributed by atoms with Gasteiger partial charge in [-0.15, -0.1) is 0 Å². The van der Waals surface area contributed by atoms with E-state index in [2.05, 4.69) is 55.6 Å². The van der Waals surface area contributed by atoms with E-state index in [0.717, 1.165) is 91.8 Å². The van der Waals surface area contributed by atoms with Crippen LogP contribution in [-0.2, 0) is 0 Å². The lowest BCUT2D eigenvalue weighted by atomic mass is 9.53. The van der Waals surface area contributed by atoms with Crippen molar-refractivity contribution in [3.63, 3.8) is 0 Å². The minimum absolute atomic E-state index is 0.290. The van der Waals surface area contributed by atoms with Crippen molar-refractivity contribution in [2.45, 2.75) is 96.3 Å². The largest absolute Gasteiger partial charge is 0.494 e. The Kier molecular flexibility index (Phi) is 11.2. The van der Waals surface area contributed by atoms with E-state index in [1.807, 2.05) is 0 Å². The van der Waals surface area contributed by atoms with Crippen molar-refractivity contribution in [3.8, 4) is 11.5 Å². The fourth-order valence-electron chi connectivity index (χ4n) is 10.7. The van der Waals surface area contributed by atoms with Crippen LogP contribution in [0.1, 0.15) is 107 Å². The Bertz CT molecular complexity index is 1310. The molecule has 0 amide bonds. The molecule has 262 valence electrons. The minimum atomic E-state index is 0.290. The Labute approximate surface area is 291 Å². The SMILES string of the molecule is C[N+]1(CCCCOc2ccc(C(=C3C4CC5CC(C4)CC3C5)c3ccc(OCCCC[N+]4(CO)CCCCC4)cc3)cc2)CCCCC1. The quantitative estimate of drug-likeness (QED) is 0.154. The molecule has 5 nitrogen and oxygen atoms in total. The number of unbranched alkanes of at least 4 members (excludes halogenated alkanes) is 2. The fourth-order valence-corrected chi connectivity index (χ4v) is 10.7. The number of nitrogens with zero attached hydrogens (tertiary/aromatic N) is 2. The molecule has 0 aromatic heterocycles. The fraction of sp³-hybridized carbons (Fsp3) is 0.674. The molecule has 6 aliphatic rings. The van der Waals surface area contributed by atoms with Crippen molar-refractivity contribution < 1.29 is 23.5 Å². The third-order valence-corrected chi connectivity index (χ3v) is 13.2. The predicted molar refractivity (Wildman–Crippen MR) is 196 cm³/mol. The van der Waals surface area contributed by atoms with E-state index in [1.165, 1.54) is 118 Å². The predicted octanol–water partition coefficient (Wildman–Crippen LogP) is 8.84. The number of aliphatic hydroxyl groups excluding tert-OH is 1. The van der Waals surface area contributed by atoms with Gasteiger partial charge in [-0.1, -0.05) is 29.8 Å². The zero-order valence-corrected chi connectivity index (χ0v) is 30.1. The van der Waals surface area contributed by atoms with Gasteiger partial charge in [0.05, 0.1) is 59.5 Å². The Morgan fingerprint density at radius 2 is 1.08 bits per heavy atom. The van der Waals surface area contributed by atoms with Crippen LogP contribution in [0.5, 0.6) is 11.5 Å². The van der Waals surface area contributed by atoms with E-state index in [0.29, 0.717) is 0 Å². The Morgan fingerprint density at radius 1 is 0.604 bits per heavy atom. The monoisotopic (exact) mass is 656 g/mol. The smallest absolute Gasteiger partial charge is 0.180 e. The highest BCUT2D eigenvalue weighted by Gasteiger charge is 2.46. The standard InChI is InChI=1S/C43H64N2O3/c1-44(20-4-2-5-21-44)22-8-10-26-47-40-16-12-36(13-17-40)42(43-38-29-34-28-35(31-38)32-39(43)30-34)37-14-18-41(19-15-37)48-27-11-9-25-45(33-46)23-6-3-7-24-45/h12-19,34-35,38-39,46H,2-11,20-33H2,1H3/q+2. The maximum Gasteiger partial charge on any atom is 0.180 e. The van der Waals surface area contributed by atoms with Crippen LogP contribution < -0.4 is 9.47 Å². The second-order valence-electron chi connectivity index (χ2n) is 16.9. The van der Waals surface area contributed by atoms with Gasteiger partial charge in [-0.05, 0) is 161 Å². The molecule has 0 radical (unpaired) electrons. The first-order chi connectivity index (χ1) is 23.5. The lowest BCUT2D eigenvalue weighted by Gasteiger charge is -2.52. The number of ether oxygens (including phenoxy) is 2. The average molecular weight is 657 g/mol. The molecule has 4 bridgehead atoms. The third kappa shape index (κ3) is 8.16. The topological polar surface area (TPSA) is 38.7 Å². The summed E-state index contributed by atoms with van der Waals surface area (Å²) in [7, 11) is 2.45. The number of benzene rings is 2. The van der Waals surface area contributed by atoms with Gasteiger partial charge in [0, 0.05) is 0 Å². The van der Waals surface area contributed by atoms with E-state index >= 15 is 0 Å². The lowest BCUT2D eigenvalue weighted by Crippen LogP contribution is -2.52. The molecule has 0 atom stereocenters. The summed E-state index contributed by atoms with van der Waals surface area (Å²) in [6.45, 7) is 9.17. The van der Waals surface area contributed by atoms with E-state index < -0.39 is 0 Å². The normalized spacial score (nSPS) is 27.2. The Balaban J connectivity index is 0.983. The summed E-state index contributed by atoms with van der Waals surface area (Å²) in [5, 5.41) is 10.0. The van der Waals surface area contributed by atoms with Crippen LogP contribution in [0.4, 0.5) is 0 Å². The molecule has 2 saturated heterocycles. The highest BCUT2D eigenvalue weighted by molar-refractivity contribution is 5.83. The van der Waals surface area contributed by atoms with Crippen LogP contribution in [0.15, 0.2) is 54.1 Å². The summed E-state index contributed by atoms with van der Waals surface area (Å²) in [5.74, 6) is 5.37. The Hall–Kier alpha value is -2.34. The number of hydrogen-bond donors (Lipinski definition) is 1. The molecule has 1 N–H and O–H groups in total. The first-order valence-electron chi connectivity index (χ1n) is 20.0. The van der Waals surface area contributed by atoms with Gasteiger partial charge in [0.1, 0.15) is 11.5 Å². The van der Waals surface area contributed by atoms with Crippen LogP contribution >= 0.6 is 0 Å². The maximum absolute atomic E-state index is 10.0. The van der Waals surface area contributed by atoms with Gasteiger partial charge in [0.15, 0.2) is 6.73 Å². The molecule has 4 aliphatic carbocycles. The Morgan fingerprint density at radius 3 is 1.58 bits per heavy atom. The van der Waals surface area contributed by atoms with Gasteiger partial charge < -0.3 is 23.5 Å². The van der Waals surface area contributed by atoms with Crippen LogP contribution in [0, 0.1) is 23.7 Å².